The number of rotatable bonds is 10. The molecule has 0 aromatic heterocycles. The average Bonchev–Trinajstić information content (AvgIpc) is 2.70. The SMILES string of the molecule is CCOc1ccc(/C=N\Nc2ccc([N+](=O)[O-])cc2S(=O)(=O)N(CC)CC)cc1. The number of hydrogen-bond donors (Lipinski definition) is 1. The zero-order chi connectivity index (χ0) is 21.4. The Labute approximate surface area is 170 Å². The summed E-state index contributed by atoms with van der Waals surface area (Å²) in [6.07, 6.45) is 1.52. The van der Waals surface area contributed by atoms with Gasteiger partial charge in [0.25, 0.3) is 5.69 Å². The van der Waals surface area contributed by atoms with E-state index in [9.17, 15) is 18.5 Å². The molecular formula is C19H24N4O5S. The number of ether oxygens (including phenoxy) is 1. The van der Waals surface area contributed by atoms with Crippen molar-refractivity contribution < 1.29 is 18.1 Å². The van der Waals surface area contributed by atoms with Crippen molar-refractivity contribution in [3.05, 3.63) is 58.1 Å². The molecule has 0 unspecified atom stereocenters. The summed E-state index contributed by atoms with van der Waals surface area (Å²) in [7, 11) is -3.92. The van der Waals surface area contributed by atoms with E-state index in [4.69, 9.17) is 4.74 Å². The Kier molecular flexibility index (Phi) is 7.68. The molecule has 156 valence electrons. The Morgan fingerprint density at radius 2 is 1.79 bits per heavy atom. The van der Waals surface area contributed by atoms with Crippen LogP contribution in [0, 0.1) is 10.1 Å². The molecular weight excluding hydrogens is 396 g/mol. The van der Waals surface area contributed by atoms with E-state index in [-0.39, 0.29) is 29.4 Å². The highest BCUT2D eigenvalue weighted by atomic mass is 32.2. The lowest BCUT2D eigenvalue weighted by atomic mass is 10.2. The third kappa shape index (κ3) is 5.52. The Hall–Kier alpha value is -2.98. The first-order valence-corrected chi connectivity index (χ1v) is 10.6. The zero-order valence-corrected chi connectivity index (χ0v) is 17.3. The van der Waals surface area contributed by atoms with Gasteiger partial charge in [0, 0.05) is 25.2 Å². The largest absolute Gasteiger partial charge is 0.494 e. The lowest BCUT2D eigenvalue weighted by Crippen LogP contribution is -2.31. The van der Waals surface area contributed by atoms with Crippen LogP contribution in [0.2, 0.25) is 0 Å². The average molecular weight is 420 g/mol. The molecule has 2 rings (SSSR count). The smallest absolute Gasteiger partial charge is 0.270 e. The highest BCUT2D eigenvalue weighted by Gasteiger charge is 2.27. The predicted molar refractivity (Wildman–Crippen MR) is 112 cm³/mol. The predicted octanol–water partition coefficient (Wildman–Crippen LogP) is 3.47. The van der Waals surface area contributed by atoms with Gasteiger partial charge in [-0.3, -0.25) is 15.5 Å². The fourth-order valence-corrected chi connectivity index (χ4v) is 4.25. The molecule has 0 aliphatic rings. The van der Waals surface area contributed by atoms with Crippen molar-refractivity contribution in [3.8, 4) is 5.75 Å². The lowest BCUT2D eigenvalue weighted by Gasteiger charge is -2.20. The van der Waals surface area contributed by atoms with Gasteiger partial charge >= 0.3 is 0 Å². The van der Waals surface area contributed by atoms with Gasteiger partial charge in [-0.1, -0.05) is 13.8 Å². The van der Waals surface area contributed by atoms with Gasteiger partial charge in [0.05, 0.1) is 23.4 Å². The van der Waals surface area contributed by atoms with Gasteiger partial charge in [0.15, 0.2) is 0 Å². The highest BCUT2D eigenvalue weighted by Crippen LogP contribution is 2.29. The van der Waals surface area contributed by atoms with Gasteiger partial charge in [0.1, 0.15) is 10.6 Å². The van der Waals surface area contributed by atoms with Crippen LogP contribution in [0.15, 0.2) is 52.5 Å². The number of hydrogen-bond acceptors (Lipinski definition) is 7. The molecule has 0 aliphatic carbocycles. The molecule has 0 atom stereocenters. The number of anilines is 1. The first-order valence-electron chi connectivity index (χ1n) is 9.14. The Balaban J connectivity index is 2.33. The van der Waals surface area contributed by atoms with Crippen LogP contribution < -0.4 is 10.2 Å². The summed E-state index contributed by atoms with van der Waals surface area (Å²) in [6, 6.07) is 10.8. The molecule has 29 heavy (non-hydrogen) atoms. The fraction of sp³-hybridized carbons (Fsp3) is 0.316. The fourth-order valence-electron chi connectivity index (χ4n) is 2.63. The molecule has 0 saturated heterocycles. The second-order valence-electron chi connectivity index (χ2n) is 5.90. The molecule has 0 fully saturated rings. The summed E-state index contributed by atoms with van der Waals surface area (Å²) in [5.41, 5.74) is 3.31. The quantitative estimate of drug-likeness (QED) is 0.358. The number of non-ortho nitro benzene ring substituents is 1. The number of benzene rings is 2. The minimum Gasteiger partial charge on any atom is -0.494 e. The van der Waals surface area contributed by atoms with Gasteiger partial charge in [-0.25, -0.2) is 8.42 Å². The van der Waals surface area contributed by atoms with Gasteiger partial charge in [-0.05, 0) is 42.8 Å². The molecule has 0 saturated carbocycles. The summed E-state index contributed by atoms with van der Waals surface area (Å²) in [5, 5.41) is 15.2. The minimum atomic E-state index is -3.92. The van der Waals surface area contributed by atoms with Crippen LogP contribution in [0.25, 0.3) is 0 Å². The van der Waals surface area contributed by atoms with Crippen molar-refractivity contribution in [1.82, 2.24) is 4.31 Å². The summed E-state index contributed by atoms with van der Waals surface area (Å²) in [5.74, 6) is 0.737. The highest BCUT2D eigenvalue weighted by molar-refractivity contribution is 7.89. The summed E-state index contributed by atoms with van der Waals surface area (Å²) in [6.45, 7) is 6.37. The van der Waals surface area contributed by atoms with Crippen molar-refractivity contribution in [2.75, 3.05) is 25.1 Å². The molecule has 2 aromatic carbocycles. The van der Waals surface area contributed by atoms with Crippen LogP contribution in [-0.4, -0.2) is 43.6 Å². The maximum absolute atomic E-state index is 12.9. The van der Waals surface area contributed by atoms with E-state index in [1.807, 2.05) is 6.92 Å². The maximum Gasteiger partial charge on any atom is 0.270 e. The lowest BCUT2D eigenvalue weighted by molar-refractivity contribution is -0.385. The molecule has 2 aromatic rings. The molecule has 0 amide bonds. The number of nitrogens with zero attached hydrogens (tertiary/aromatic N) is 3. The van der Waals surface area contributed by atoms with E-state index in [2.05, 4.69) is 10.5 Å². The topological polar surface area (TPSA) is 114 Å². The molecule has 0 spiro atoms. The van der Waals surface area contributed by atoms with Crippen molar-refractivity contribution in [2.45, 2.75) is 25.7 Å². The standard InChI is InChI=1S/C19H24N4O5S/c1-4-22(5-2)29(26,27)19-13-16(23(24)25)9-12-18(19)21-20-14-15-7-10-17(11-8-15)28-6-3/h7-14,21H,4-6H2,1-3H3/b20-14-. The van der Waals surface area contributed by atoms with Crippen molar-refractivity contribution in [2.24, 2.45) is 5.10 Å². The molecule has 0 radical (unpaired) electrons. The van der Waals surface area contributed by atoms with Crippen LogP contribution in [0.1, 0.15) is 26.3 Å². The van der Waals surface area contributed by atoms with Crippen LogP contribution in [-0.2, 0) is 10.0 Å². The molecule has 0 bridgehead atoms. The summed E-state index contributed by atoms with van der Waals surface area (Å²) >= 11 is 0. The molecule has 9 nitrogen and oxygen atoms in total. The van der Waals surface area contributed by atoms with Gasteiger partial charge in [-0.15, -0.1) is 0 Å². The van der Waals surface area contributed by atoms with E-state index in [0.29, 0.717) is 6.61 Å². The first kappa shape index (κ1) is 22.3. The van der Waals surface area contributed by atoms with Gasteiger partial charge in [0.2, 0.25) is 10.0 Å². The zero-order valence-electron chi connectivity index (χ0n) is 16.5. The van der Waals surface area contributed by atoms with Crippen LogP contribution in [0.5, 0.6) is 5.75 Å². The van der Waals surface area contributed by atoms with Crippen molar-refractivity contribution >= 4 is 27.6 Å². The third-order valence-corrected chi connectivity index (χ3v) is 6.18. The molecule has 10 heteroatoms. The number of nitrogens with one attached hydrogen (secondary N) is 1. The van der Waals surface area contributed by atoms with Crippen LogP contribution in [0.4, 0.5) is 11.4 Å². The Bertz CT molecular complexity index is 971. The molecule has 0 aliphatic heterocycles. The van der Waals surface area contributed by atoms with E-state index in [1.54, 1.807) is 38.1 Å². The van der Waals surface area contributed by atoms with Crippen LogP contribution in [0.3, 0.4) is 0 Å². The Morgan fingerprint density at radius 1 is 1.14 bits per heavy atom. The second kappa shape index (κ2) is 9.99. The van der Waals surface area contributed by atoms with E-state index >= 15 is 0 Å². The van der Waals surface area contributed by atoms with Crippen LogP contribution >= 0.6 is 0 Å². The molecule has 0 heterocycles. The number of hydrazone groups is 1. The van der Waals surface area contributed by atoms with E-state index < -0.39 is 14.9 Å². The Morgan fingerprint density at radius 3 is 2.34 bits per heavy atom. The van der Waals surface area contributed by atoms with Gasteiger partial charge < -0.3 is 4.74 Å². The van der Waals surface area contributed by atoms with Crippen molar-refractivity contribution in [3.63, 3.8) is 0 Å². The number of sulfonamides is 1. The monoisotopic (exact) mass is 420 g/mol. The maximum atomic E-state index is 12.9. The first-order chi connectivity index (χ1) is 13.8. The summed E-state index contributed by atoms with van der Waals surface area (Å²) in [4.78, 5) is 10.3. The number of nitro groups is 1. The van der Waals surface area contributed by atoms with E-state index in [0.717, 1.165) is 17.4 Å². The second-order valence-corrected chi connectivity index (χ2v) is 7.81. The van der Waals surface area contributed by atoms with E-state index in [1.165, 1.54) is 22.7 Å². The van der Waals surface area contributed by atoms with Crippen molar-refractivity contribution in [1.29, 1.82) is 0 Å². The number of nitro benzene ring substituents is 1. The third-order valence-electron chi connectivity index (χ3n) is 4.09. The van der Waals surface area contributed by atoms with Gasteiger partial charge in [-0.2, -0.15) is 9.41 Å². The minimum absolute atomic E-state index is 0.157. The summed E-state index contributed by atoms with van der Waals surface area (Å²) < 4.78 is 32.4. The normalized spacial score (nSPS) is 11.7. The molecule has 1 N–H and O–H groups in total.